The normalized spacial score (nSPS) is 21.3. The number of nitrogens with one attached hydrogen (secondary N) is 1. The highest BCUT2D eigenvalue weighted by Gasteiger charge is 2.41. The molecule has 2 aromatic carbocycles. The van der Waals surface area contributed by atoms with Gasteiger partial charge in [0.05, 0.1) is 4.91 Å². The van der Waals surface area contributed by atoms with Gasteiger partial charge < -0.3 is 0 Å². The number of halogens is 1. The number of amidine groups is 1. The van der Waals surface area contributed by atoms with Crippen LogP contribution in [0.15, 0.2) is 64.5 Å². The van der Waals surface area contributed by atoms with E-state index in [9.17, 15) is 4.79 Å². The van der Waals surface area contributed by atoms with Crippen LogP contribution in [0.1, 0.15) is 11.1 Å². The molecule has 2 aliphatic heterocycles. The summed E-state index contributed by atoms with van der Waals surface area (Å²) in [7, 11) is 0. The molecule has 0 saturated carbocycles. The number of amides is 1. The van der Waals surface area contributed by atoms with Gasteiger partial charge in [-0.25, -0.2) is 10.0 Å². The van der Waals surface area contributed by atoms with Gasteiger partial charge >= 0.3 is 0 Å². The molecule has 1 N–H and O–H groups in total. The minimum atomic E-state index is -0.272. The van der Waals surface area contributed by atoms with Crippen molar-refractivity contribution in [2.45, 2.75) is 5.50 Å². The van der Waals surface area contributed by atoms with Crippen molar-refractivity contribution in [2.24, 2.45) is 4.99 Å². The summed E-state index contributed by atoms with van der Waals surface area (Å²) in [5.74, 6) is 0.628. The number of aliphatic imine (C=N–C) groups is 1. The molecule has 0 radical (unpaired) electrons. The Morgan fingerprint density at radius 2 is 1.87 bits per heavy atom. The first kappa shape index (κ1) is 14.4. The molecule has 4 rings (SSSR count). The molecule has 1 saturated heterocycles. The zero-order valence-electron chi connectivity index (χ0n) is 11.9. The Morgan fingerprint density at radius 1 is 1.13 bits per heavy atom. The first-order chi connectivity index (χ1) is 11.2. The number of carbonyl (C=O) groups is 1. The summed E-state index contributed by atoms with van der Waals surface area (Å²) in [5.41, 5.74) is 4.61. The fourth-order valence-corrected chi connectivity index (χ4v) is 3.67. The van der Waals surface area contributed by atoms with Gasteiger partial charge in [0.25, 0.3) is 5.91 Å². The quantitative estimate of drug-likeness (QED) is 0.850. The van der Waals surface area contributed by atoms with Crippen LogP contribution in [0.3, 0.4) is 0 Å². The number of rotatable bonds is 2. The van der Waals surface area contributed by atoms with Gasteiger partial charge in [0.1, 0.15) is 5.84 Å². The Hall–Kier alpha value is -2.24. The predicted octanol–water partition coefficient (Wildman–Crippen LogP) is 3.50. The van der Waals surface area contributed by atoms with Crippen molar-refractivity contribution >= 4 is 41.2 Å². The van der Waals surface area contributed by atoms with E-state index in [1.807, 2.05) is 60.7 Å². The molecule has 1 amide bonds. The smallest absolute Gasteiger partial charge is 0.276 e. The molecule has 0 spiro atoms. The summed E-state index contributed by atoms with van der Waals surface area (Å²) >= 11 is 7.57. The number of hydrogen-bond donors (Lipinski definition) is 1. The van der Waals surface area contributed by atoms with Gasteiger partial charge in [0, 0.05) is 10.6 Å². The maximum Gasteiger partial charge on any atom is 0.281 e. The number of nitrogens with zero attached hydrogens (tertiary/aromatic N) is 2. The van der Waals surface area contributed by atoms with Crippen LogP contribution in [-0.2, 0) is 4.79 Å². The Labute approximate surface area is 142 Å². The number of hydrogen-bond acceptors (Lipinski definition) is 4. The number of carbonyl (C=O) groups excluding carboxylic acids is 1. The van der Waals surface area contributed by atoms with E-state index in [0.717, 1.165) is 11.1 Å². The van der Waals surface area contributed by atoms with Crippen LogP contribution in [0.2, 0.25) is 5.02 Å². The first-order valence-corrected chi connectivity index (χ1v) is 8.34. The van der Waals surface area contributed by atoms with Gasteiger partial charge in [-0.2, -0.15) is 0 Å². The van der Waals surface area contributed by atoms with Crippen LogP contribution in [0.5, 0.6) is 0 Å². The van der Waals surface area contributed by atoms with Crippen molar-refractivity contribution in [1.82, 2.24) is 10.4 Å². The summed E-state index contributed by atoms with van der Waals surface area (Å²) < 4.78 is 0. The Morgan fingerprint density at radius 3 is 2.61 bits per heavy atom. The zero-order chi connectivity index (χ0) is 15.8. The molecule has 23 heavy (non-hydrogen) atoms. The van der Waals surface area contributed by atoms with Gasteiger partial charge in [-0.3, -0.25) is 10.2 Å². The molecule has 0 bridgehead atoms. The highest BCUT2D eigenvalue weighted by Crippen LogP contribution is 2.38. The van der Waals surface area contributed by atoms with Gasteiger partial charge in [0.15, 0.2) is 5.50 Å². The van der Waals surface area contributed by atoms with Gasteiger partial charge in [-0.15, -0.1) is 0 Å². The summed E-state index contributed by atoms with van der Waals surface area (Å²) in [5, 5.41) is 2.18. The van der Waals surface area contributed by atoms with E-state index in [4.69, 9.17) is 11.6 Å². The topological polar surface area (TPSA) is 44.7 Å². The highest BCUT2D eigenvalue weighted by atomic mass is 35.5. The highest BCUT2D eigenvalue weighted by molar-refractivity contribution is 8.05. The van der Waals surface area contributed by atoms with Crippen molar-refractivity contribution in [2.75, 3.05) is 0 Å². The number of fused-ring (bicyclic) bond motifs is 1. The number of benzene rings is 2. The average Bonchev–Trinajstić information content (AvgIpc) is 3.11. The fourth-order valence-electron chi connectivity index (χ4n) is 2.44. The predicted molar refractivity (Wildman–Crippen MR) is 93.8 cm³/mol. The average molecular weight is 342 g/mol. The Balaban J connectivity index is 1.60. The lowest BCUT2D eigenvalue weighted by Gasteiger charge is -2.13. The minimum Gasteiger partial charge on any atom is -0.276 e. The van der Waals surface area contributed by atoms with Crippen molar-refractivity contribution < 1.29 is 4.79 Å². The summed E-state index contributed by atoms with van der Waals surface area (Å²) in [4.78, 5) is 17.8. The van der Waals surface area contributed by atoms with E-state index in [0.29, 0.717) is 15.8 Å². The van der Waals surface area contributed by atoms with Crippen LogP contribution in [0, 0.1) is 0 Å². The van der Waals surface area contributed by atoms with Crippen LogP contribution in [0.25, 0.3) is 6.08 Å². The Kier molecular flexibility index (Phi) is 3.59. The molecule has 114 valence electrons. The van der Waals surface area contributed by atoms with Crippen LogP contribution in [0.4, 0.5) is 0 Å². The molecule has 1 atom stereocenters. The van der Waals surface area contributed by atoms with Gasteiger partial charge in [0.2, 0.25) is 0 Å². The van der Waals surface area contributed by atoms with Crippen LogP contribution in [-0.4, -0.2) is 22.2 Å². The second-order valence-electron chi connectivity index (χ2n) is 5.10. The first-order valence-electron chi connectivity index (χ1n) is 7.09. The molecule has 6 heteroatoms. The summed E-state index contributed by atoms with van der Waals surface area (Å²) in [6, 6.07) is 17.2. The van der Waals surface area contributed by atoms with Crippen molar-refractivity contribution in [3.8, 4) is 0 Å². The largest absolute Gasteiger partial charge is 0.281 e. The van der Waals surface area contributed by atoms with Crippen molar-refractivity contribution in [3.05, 3.63) is 75.7 Å². The fraction of sp³-hybridized carbons (Fsp3) is 0.0588. The van der Waals surface area contributed by atoms with Crippen molar-refractivity contribution in [3.63, 3.8) is 0 Å². The second kappa shape index (κ2) is 5.76. The van der Waals surface area contributed by atoms with Gasteiger partial charge in [-0.1, -0.05) is 71.9 Å². The molecular weight excluding hydrogens is 330 g/mol. The lowest BCUT2D eigenvalue weighted by atomic mass is 10.2. The molecule has 4 nitrogen and oxygen atoms in total. The molecule has 1 unspecified atom stereocenters. The van der Waals surface area contributed by atoms with E-state index in [2.05, 4.69) is 10.4 Å². The number of hydrazine groups is 1. The van der Waals surface area contributed by atoms with Crippen LogP contribution < -0.4 is 5.43 Å². The lowest BCUT2D eigenvalue weighted by Crippen LogP contribution is -2.40. The van der Waals surface area contributed by atoms with Crippen LogP contribution >= 0.6 is 23.4 Å². The van der Waals surface area contributed by atoms with E-state index in [1.54, 1.807) is 5.01 Å². The Bertz CT molecular complexity index is 835. The molecule has 2 aromatic rings. The zero-order valence-corrected chi connectivity index (χ0v) is 13.5. The van der Waals surface area contributed by atoms with E-state index >= 15 is 0 Å². The third-order valence-electron chi connectivity index (χ3n) is 3.59. The van der Waals surface area contributed by atoms with E-state index < -0.39 is 0 Å². The molecule has 2 heterocycles. The van der Waals surface area contributed by atoms with Gasteiger partial charge in [-0.05, 0) is 17.7 Å². The van der Waals surface area contributed by atoms with E-state index in [-0.39, 0.29) is 11.4 Å². The maximum atomic E-state index is 12.5. The molecule has 1 fully saturated rings. The standard InChI is InChI=1S/C17H12ClN3OS/c18-13-9-5-4-8-12(13)10-14-16(22)21-17(23-14)19-15(20-21)11-6-2-1-3-7-11/h1-10,17H,(H,19,20)/b14-10-. The SMILES string of the molecule is O=C1/C(=C/c2ccccc2Cl)SC2N=C(c3ccccc3)NN12. The third-order valence-corrected chi connectivity index (χ3v) is 5.01. The number of thioether (sulfide) groups is 1. The van der Waals surface area contributed by atoms with E-state index in [1.165, 1.54) is 11.8 Å². The maximum absolute atomic E-state index is 12.5. The summed E-state index contributed by atoms with van der Waals surface area (Å²) in [6.45, 7) is 0. The third kappa shape index (κ3) is 2.62. The van der Waals surface area contributed by atoms with Crippen molar-refractivity contribution in [1.29, 1.82) is 0 Å². The molecule has 0 aliphatic carbocycles. The summed E-state index contributed by atoms with van der Waals surface area (Å²) in [6.07, 6.45) is 1.81. The lowest BCUT2D eigenvalue weighted by molar-refractivity contribution is -0.127. The molecule has 0 aromatic heterocycles. The minimum absolute atomic E-state index is 0.0883. The molecular formula is C17H12ClN3OS. The second-order valence-corrected chi connectivity index (χ2v) is 6.61. The monoisotopic (exact) mass is 341 g/mol. The molecule has 2 aliphatic rings.